The number of hydrogen-bond acceptors (Lipinski definition) is 10. The summed E-state index contributed by atoms with van der Waals surface area (Å²) in [4.78, 5) is 10.6. The number of aromatic hydroxyl groups is 1. The van der Waals surface area contributed by atoms with Crippen LogP contribution < -0.4 is 5.73 Å². The second-order valence-corrected chi connectivity index (χ2v) is 13.9. The van der Waals surface area contributed by atoms with Gasteiger partial charge in [0.15, 0.2) is 0 Å². The summed E-state index contributed by atoms with van der Waals surface area (Å²) in [7, 11) is 0. The first kappa shape index (κ1) is 31.5. The molecule has 1 aromatic heterocycles. The maximum Gasteiger partial charge on any atom is 0.322 e. The van der Waals surface area contributed by atoms with Gasteiger partial charge in [0.05, 0.1) is 36.2 Å². The number of aliphatic carboxylic acids is 1. The maximum absolute atomic E-state index is 9.65. The summed E-state index contributed by atoms with van der Waals surface area (Å²) >= 11 is 20.6. The van der Waals surface area contributed by atoms with E-state index in [1.54, 1.807) is 30.0 Å². The van der Waals surface area contributed by atoms with Gasteiger partial charge in [0.1, 0.15) is 6.04 Å². The average molecular weight is 566 g/mol. The first-order valence-electron chi connectivity index (χ1n) is 9.01. The number of nitrogens with two attached hydrogens (primary N) is 1. The Morgan fingerprint density at radius 3 is 2.28 bits per heavy atom. The van der Waals surface area contributed by atoms with Crippen LogP contribution >= 0.6 is 52.0 Å². The Morgan fingerprint density at radius 1 is 1.28 bits per heavy atom. The second kappa shape index (κ2) is 17.9. The standard InChI is InChI=1S/C11H15Cl2O2PS3.C4H4O2.C3H7NO3/c1-3-14-16(17,15-4-2)19-8-18-11-7-9(12)5-6-10(11)13;5-4-2-1-3-6-4;4-2(1-5)3(6)7/h5-7H,3-4,8H2,1-2H3;1-3,5H;2,5H,1,4H2,(H,6,7)/t;;2-/m..0/s1. The average Bonchev–Trinajstić information content (AvgIpc) is 3.22. The van der Waals surface area contributed by atoms with Gasteiger partial charge in [-0.05, 0) is 49.9 Å². The van der Waals surface area contributed by atoms with Gasteiger partial charge < -0.3 is 34.5 Å². The highest BCUT2D eigenvalue weighted by Crippen LogP contribution is 2.62. The summed E-state index contributed by atoms with van der Waals surface area (Å²) in [6.45, 7) is 4.46. The van der Waals surface area contributed by atoms with Crippen LogP contribution in [-0.2, 0) is 25.6 Å². The third-order valence-electron chi connectivity index (χ3n) is 2.91. The highest BCUT2D eigenvalue weighted by atomic mass is 35.5. The molecular formula is C18H26Cl2NO7PS3. The molecule has 8 nitrogen and oxygen atoms in total. The van der Waals surface area contributed by atoms with Crippen LogP contribution in [0, 0.1) is 0 Å². The molecule has 14 heteroatoms. The first-order chi connectivity index (χ1) is 15.1. The van der Waals surface area contributed by atoms with Gasteiger partial charge in [0.2, 0.25) is 5.69 Å². The minimum Gasteiger partial charge on any atom is -0.481 e. The molecule has 32 heavy (non-hydrogen) atoms. The third kappa shape index (κ3) is 14.6. The monoisotopic (exact) mass is 565 g/mol. The number of carbonyl (C=O) groups is 1. The summed E-state index contributed by atoms with van der Waals surface area (Å²) in [5.41, 5.74) is 2.54. The quantitative estimate of drug-likeness (QED) is 0.166. The highest BCUT2D eigenvalue weighted by molar-refractivity contribution is 8.69. The molecule has 0 aliphatic heterocycles. The first-order valence-corrected chi connectivity index (χ1v) is 15.0. The molecule has 2 rings (SSSR count). The fourth-order valence-electron chi connectivity index (χ4n) is 1.52. The molecule has 0 spiro atoms. The Bertz CT molecular complexity index is 821. The SMILES string of the molecule is CCOP(=S)(OCC)SCSc1cc(Cl)ccc1Cl.N[C@@H](CO)C(=O)O.Oc1ccco1. The Balaban J connectivity index is 0.000000599. The number of aliphatic hydroxyl groups is 1. The molecule has 1 heterocycles. The van der Waals surface area contributed by atoms with Gasteiger partial charge in [0, 0.05) is 16.0 Å². The fraction of sp³-hybridized carbons (Fsp3) is 0.389. The van der Waals surface area contributed by atoms with E-state index in [1.807, 2.05) is 19.9 Å². The topological polar surface area (TPSA) is 135 Å². The van der Waals surface area contributed by atoms with Crippen molar-refractivity contribution in [3.8, 4) is 5.95 Å². The number of aliphatic hydroxyl groups excluding tert-OH is 1. The van der Waals surface area contributed by atoms with Crippen LogP contribution in [0.15, 0.2) is 45.9 Å². The smallest absolute Gasteiger partial charge is 0.322 e. The molecular weight excluding hydrogens is 540 g/mol. The largest absolute Gasteiger partial charge is 0.481 e. The Morgan fingerprint density at radius 2 is 1.91 bits per heavy atom. The molecule has 0 saturated heterocycles. The van der Waals surface area contributed by atoms with Crippen LogP contribution in [0.2, 0.25) is 10.0 Å². The molecule has 0 bridgehead atoms. The van der Waals surface area contributed by atoms with E-state index in [0.29, 0.717) is 23.3 Å². The molecule has 0 fully saturated rings. The van der Waals surface area contributed by atoms with E-state index in [2.05, 4.69) is 4.42 Å². The van der Waals surface area contributed by atoms with Gasteiger partial charge in [-0.2, -0.15) is 0 Å². The van der Waals surface area contributed by atoms with Crippen molar-refractivity contribution in [2.24, 2.45) is 5.73 Å². The van der Waals surface area contributed by atoms with Crippen molar-refractivity contribution in [3.63, 3.8) is 0 Å². The fourth-order valence-corrected chi connectivity index (χ4v) is 9.05. The summed E-state index contributed by atoms with van der Waals surface area (Å²) in [5.74, 6) is -1.21. The van der Waals surface area contributed by atoms with E-state index in [1.165, 1.54) is 23.7 Å². The van der Waals surface area contributed by atoms with Crippen LogP contribution in [0.4, 0.5) is 0 Å². The van der Waals surface area contributed by atoms with Gasteiger partial charge in [-0.15, -0.1) is 11.8 Å². The van der Waals surface area contributed by atoms with Crippen molar-refractivity contribution in [2.75, 3.05) is 24.9 Å². The molecule has 0 unspecified atom stereocenters. The number of carboxylic acid groups (broad SMARTS) is 1. The molecule has 0 saturated carbocycles. The molecule has 0 amide bonds. The molecule has 1 atom stereocenters. The van der Waals surface area contributed by atoms with Crippen molar-refractivity contribution in [1.29, 1.82) is 0 Å². The number of furan rings is 1. The Labute approximate surface area is 210 Å². The highest BCUT2D eigenvalue weighted by Gasteiger charge is 2.19. The lowest BCUT2D eigenvalue weighted by Crippen LogP contribution is -2.33. The summed E-state index contributed by atoms with van der Waals surface area (Å²) < 4.78 is 15.5. The lowest BCUT2D eigenvalue weighted by molar-refractivity contribution is -0.139. The zero-order valence-corrected chi connectivity index (χ0v) is 22.2. The van der Waals surface area contributed by atoms with Crippen LogP contribution in [0.3, 0.4) is 0 Å². The van der Waals surface area contributed by atoms with Crippen molar-refractivity contribution in [3.05, 3.63) is 46.6 Å². The van der Waals surface area contributed by atoms with E-state index in [4.69, 9.17) is 65.1 Å². The van der Waals surface area contributed by atoms with Crippen LogP contribution in [-0.4, -0.2) is 52.2 Å². The Kier molecular flexibility index (Phi) is 17.7. The predicted octanol–water partition coefficient (Wildman–Crippen LogP) is 5.45. The van der Waals surface area contributed by atoms with E-state index in [0.717, 1.165) is 9.98 Å². The summed E-state index contributed by atoms with van der Waals surface area (Å²) in [6.07, 6.45) is 1.41. The zero-order chi connectivity index (χ0) is 24.6. The van der Waals surface area contributed by atoms with Crippen molar-refractivity contribution in [1.82, 2.24) is 0 Å². The second-order valence-electron chi connectivity index (χ2n) is 5.33. The van der Waals surface area contributed by atoms with E-state index < -0.39 is 24.3 Å². The van der Waals surface area contributed by atoms with Crippen molar-refractivity contribution in [2.45, 2.75) is 24.8 Å². The molecule has 182 valence electrons. The normalized spacial score (nSPS) is 11.6. The molecule has 2 aromatic rings. The van der Waals surface area contributed by atoms with Gasteiger partial charge in [-0.25, -0.2) is 0 Å². The minimum atomic E-state index is -2.23. The molecule has 1 aromatic carbocycles. The number of thioether (sulfide) groups is 1. The Hall–Kier alpha value is -0.460. The minimum absolute atomic E-state index is 0.0324. The zero-order valence-electron chi connectivity index (χ0n) is 17.3. The number of halogens is 2. The molecule has 0 aliphatic rings. The van der Waals surface area contributed by atoms with E-state index in [-0.39, 0.29) is 5.95 Å². The van der Waals surface area contributed by atoms with E-state index in [9.17, 15) is 4.79 Å². The van der Waals surface area contributed by atoms with Crippen LogP contribution in [0.1, 0.15) is 13.8 Å². The molecule has 0 radical (unpaired) electrons. The lowest BCUT2D eigenvalue weighted by Gasteiger charge is -2.19. The van der Waals surface area contributed by atoms with Crippen molar-refractivity contribution >= 4 is 69.8 Å². The number of rotatable bonds is 10. The molecule has 5 N–H and O–H groups in total. The van der Waals surface area contributed by atoms with Crippen molar-refractivity contribution < 1.29 is 33.6 Å². The predicted molar refractivity (Wildman–Crippen MR) is 135 cm³/mol. The number of carboxylic acids is 1. The van der Waals surface area contributed by atoms with Gasteiger partial charge in [0.25, 0.3) is 5.95 Å². The van der Waals surface area contributed by atoms with E-state index >= 15 is 0 Å². The molecule has 0 aliphatic carbocycles. The van der Waals surface area contributed by atoms with Gasteiger partial charge in [-0.1, -0.05) is 34.6 Å². The lowest BCUT2D eigenvalue weighted by atomic mass is 10.3. The van der Waals surface area contributed by atoms with Crippen LogP contribution in [0.25, 0.3) is 0 Å². The summed E-state index contributed by atoms with van der Waals surface area (Å²) in [5, 5.41) is 26.3. The summed E-state index contributed by atoms with van der Waals surface area (Å²) in [6, 6.07) is 7.37. The van der Waals surface area contributed by atoms with Gasteiger partial charge in [-0.3, -0.25) is 4.79 Å². The number of hydrogen-bond donors (Lipinski definition) is 4. The maximum atomic E-state index is 9.65. The van der Waals surface area contributed by atoms with Crippen LogP contribution in [0.5, 0.6) is 5.95 Å². The number of benzene rings is 1. The van der Waals surface area contributed by atoms with Gasteiger partial charge >= 0.3 is 5.97 Å². The third-order valence-corrected chi connectivity index (χ3v) is 10.7.